The third-order valence-electron chi connectivity index (χ3n) is 5.39. The number of carbonyl (C=O) groups is 1. The lowest BCUT2D eigenvalue weighted by atomic mass is 9.92. The van der Waals surface area contributed by atoms with Gasteiger partial charge in [0.05, 0.1) is 23.8 Å². The van der Waals surface area contributed by atoms with Crippen LogP contribution < -0.4 is 5.32 Å². The lowest BCUT2D eigenvalue weighted by molar-refractivity contribution is -0.0419. The number of carbonyl (C=O) groups excluding carboxylic acids is 1. The van der Waals surface area contributed by atoms with Crippen LogP contribution in [0.25, 0.3) is 11.2 Å². The van der Waals surface area contributed by atoms with Crippen molar-refractivity contribution in [2.24, 2.45) is 7.05 Å². The zero-order valence-electron chi connectivity index (χ0n) is 14.6. The Balaban J connectivity index is 1.45. The van der Waals surface area contributed by atoms with Crippen LogP contribution in [0.3, 0.4) is 0 Å². The predicted molar refractivity (Wildman–Crippen MR) is 93.2 cm³/mol. The van der Waals surface area contributed by atoms with E-state index in [9.17, 15) is 4.79 Å². The van der Waals surface area contributed by atoms with Crippen LogP contribution in [0.4, 0.5) is 0 Å². The van der Waals surface area contributed by atoms with E-state index in [0.29, 0.717) is 22.8 Å². The summed E-state index contributed by atoms with van der Waals surface area (Å²) < 4.78 is 7.92. The van der Waals surface area contributed by atoms with Gasteiger partial charge in [0.1, 0.15) is 5.52 Å². The van der Waals surface area contributed by atoms with E-state index in [2.05, 4.69) is 20.6 Å². The molecule has 2 aliphatic rings. The van der Waals surface area contributed by atoms with Gasteiger partial charge >= 0.3 is 0 Å². The highest BCUT2D eigenvalue weighted by molar-refractivity contribution is 5.96. The fourth-order valence-corrected chi connectivity index (χ4v) is 4.00. The molecule has 25 heavy (non-hydrogen) atoms. The van der Waals surface area contributed by atoms with Gasteiger partial charge in [0.25, 0.3) is 5.91 Å². The molecular formula is C18H25N5O2. The number of nitrogens with one attached hydrogen (secondary N) is 1. The van der Waals surface area contributed by atoms with Crippen molar-refractivity contribution in [3.05, 3.63) is 17.8 Å². The van der Waals surface area contributed by atoms with Crippen LogP contribution in [0.2, 0.25) is 0 Å². The molecule has 2 fully saturated rings. The normalized spacial score (nSPS) is 24.7. The quantitative estimate of drug-likeness (QED) is 0.921. The van der Waals surface area contributed by atoms with E-state index in [1.165, 1.54) is 19.3 Å². The number of pyridine rings is 1. The summed E-state index contributed by atoms with van der Waals surface area (Å²) >= 11 is 0. The Bertz CT molecular complexity index is 753. The number of amides is 1. The Morgan fingerprint density at radius 1 is 1.20 bits per heavy atom. The van der Waals surface area contributed by atoms with Gasteiger partial charge in [0.2, 0.25) is 0 Å². The van der Waals surface area contributed by atoms with Crippen LogP contribution >= 0.6 is 0 Å². The van der Waals surface area contributed by atoms with Gasteiger partial charge in [-0.3, -0.25) is 4.79 Å². The Labute approximate surface area is 147 Å². The van der Waals surface area contributed by atoms with E-state index < -0.39 is 0 Å². The number of fused-ring (bicyclic) bond motifs is 1. The lowest BCUT2D eigenvalue weighted by Crippen LogP contribution is -2.47. The summed E-state index contributed by atoms with van der Waals surface area (Å²) in [5.41, 5.74) is 1.84. The molecule has 2 heterocycles. The van der Waals surface area contributed by atoms with Gasteiger partial charge in [-0.2, -0.15) is 0 Å². The monoisotopic (exact) mass is 343 g/mol. The molecule has 1 N–H and O–H groups in total. The van der Waals surface area contributed by atoms with Crippen LogP contribution in [0, 0.1) is 0 Å². The molecule has 0 aliphatic heterocycles. The van der Waals surface area contributed by atoms with Crippen molar-refractivity contribution < 1.29 is 9.53 Å². The van der Waals surface area contributed by atoms with Crippen molar-refractivity contribution in [3.8, 4) is 0 Å². The third kappa shape index (κ3) is 3.51. The van der Waals surface area contributed by atoms with Gasteiger partial charge in [-0.25, -0.2) is 9.67 Å². The molecule has 0 spiro atoms. The smallest absolute Gasteiger partial charge is 0.253 e. The molecule has 1 amide bonds. The highest BCUT2D eigenvalue weighted by atomic mass is 16.5. The van der Waals surface area contributed by atoms with Gasteiger partial charge in [-0.15, -0.1) is 5.10 Å². The van der Waals surface area contributed by atoms with Crippen molar-refractivity contribution in [1.29, 1.82) is 0 Å². The number of hydrogen-bond donors (Lipinski definition) is 1. The molecule has 2 saturated carbocycles. The van der Waals surface area contributed by atoms with Gasteiger partial charge in [-0.1, -0.05) is 30.9 Å². The third-order valence-corrected chi connectivity index (χ3v) is 5.39. The second kappa shape index (κ2) is 7.07. The number of aryl methyl sites for hydroxylation is 1. The number of aromatic nitrogens is 4. The van der Waals surface area contributed by atoms with Crippen LogP contribution in [-0.2, 0) is 11.8 Å². The van der Waals surface area contributed by atoms with Crippen molar-refractivity contribution in [1.82, 2.24) is 25.3 Å². The highest BCUT2D eigenvalue weighted by Gasteiger charge is 2.30. The number of ether oxygens (including phenoxy) is 1. The maximum absolute atomic E-state index is 12.7. The molecule has 2 atom stereocenters. The number of rotatable bonds is 4. The van der Waals surface area contributed by atoms with Gasteiger partial charge < -0.3 is 10.1 Å². The van der Waals surface area contributed by atoms with E-state index in [-0.39, 0.29) is 18.1 Å². The van der Waals surface area contributed by atoms with Crippen molar-refractivity contribution >= 4 is 17.1 Å². The number of hydrogen-bond acceptors (Lipinski definition) is 5. The Kier molecular flexibility index (Phi) is 4.65. The standard InChI is InChI=1S/C18H25N5O2/c1-23-17-15(21-22-23)10-12(11-19-17)18(24)20-14-8-4-5-9-16(14)25-13-6-2-3-7-13/h10-11,13-14,16H,2-9H2,1H3,(H,20,24)/t14-,16+/m0/s1. The fourth-order valence-electron chi connectivity index (χ4n) is 4.00. The molecule has 0 saturated heterocycles. The molecule has 0 aromatic carbocycles. The first-order valence-corrected chi connectivity index (χ1v) is 9.32. The molecule has 7 heteroatoms. The van der Waals surface area contributed by atoms with Crippen LogP contribution in [0.1, 0.15) is 61.7 Å². The maximum Gasteiger partial charge on any atom is 0.253 e. The minimum Gasteiger partial charge on any atom is -0.373 e. The van der Waals surface area contributed by atoms with Crippen LogP contribution in [-0.4, -0.2) is 44.1 Å². The van der Waals surface area contributed by atoms with Gasteiger partial charge in [-0.05, 0) is 31.7 Å². The maximum atomic E-state index is 12.7. The molecule has 0 bridgehead atoms. The summed E-state index contributed by atoms with van der Waals surface area (Å²) in [4.78, 5) is 17.0. The largest absolute Gasteiger partial charge is 0.373 e. The van der Waals surface area contributed by atoms with Gasteiger partial charge in [0.15, 0.2) is 5.65 Å². The minimum atomic E-state index is -0.105. The first kappa shape index (κ1) is 16.4. The first-order valence-electron chi connectivity index (χ1n) is 9.32. The molecule has 2 aromatic rings. The zero-order valence-corrected chi connectivity index (χ0v) is 14.6. The lowest BCUT2D eigenvalue weighted by Gasteiger charge is -2.34. The summed E-state index contributed by atoms with van der Waals surface area (Å²) in [6.07, 6.45) is 11.3. The fraction of sp³-hybridized carbons (Fsp3) is 0.667. The summed E-state index contributed by atoms with van der Waals surface area (Å²) in [6, 6.07) is 1.83. The summed E-state index contributed by atoms with van der Waals surface area (Å²) in [7, 11) is 1.79. The predicted octanol–water partition coefficient (Wildman–Crippen LogP) is 2.36. The Morgan fingerprint density at radius 3 is 2.80 bits per heavy atom. The highest BCUT2D eigenvalue weighted by Crippen LogP contribution is 2.28. The first-order chi connectivity index (χ1) is 12.2. The molecule has 2 aliphatic carbocycles. The topological polar surface area (TPSA) is 81.9 Å². The molecule has 134 valence electrons. The number of nitrogens with zero attached hydrogens (tertiary/aromatic N) is 4. The summed E-state index contributed by atoms with van der Waals surface area (Å²) in [6.45, 7) is 0. The molecular weight excluding hydrogens is 318 g/mol. The Morgan fingerprint density at radius 2 is 1.96 bits per heavy atom. The average molecular weight is 343 g/mol. The second-order valence-electron chi connectivity index (χ2n) is 7.23. The van der Waals surface area contributed by atoms with Gasteiger partial charge in [0, 0.05) is 13.2 Å². The summed E-state index contributed by atoms with van der Waals surface area (Å²) in [5, 5.41) is 11.1. The van der Waals surface area contributed by atoms with E-state index in [0.717, 1.165) is 32.1 Å². The van der Waals surface area contributed by atoms with Crippen molar-refractivity contribution in [3.63, 3.8) is 0 Å². The second-order valence-corrected chi connectivity index (χ2v) is 7.23. The molecule has 0 radical (unpaired) electrons. The Hall–Kier alpha value is -2.02. The van der Waals surface area contributed by atoms with E-state index in [1.54, 1.807) is 24.0 Å². The van der Waals surface area contributed by atoms with E-state index in [1.807, 2.05) is 0 Å². The molecule has 7 nitrogen and oxygen atoms in total. The zero-order chi connectivity index (χ0) is 17.2. The SMILES string of the molecule is Cn1nnc2cc(C(=O)N[C@H]3CCCC[C@H]3OC3CCCC3)cnc21. The minimum absolute atomic E-state index is 0.0828. The molecule has 0 unspecified atom stereocenters. The van der Waals surface area contributed by atoms with E-state index >= 15 is 0 Å². The summed E-state index contributed by atoms with van der Waals surface area (Å²) in [5.74, 6) is -0.105. The van der Waals surface area contributed by atoms with Crippen LogP contribution in [0.5, 0.6) is 0 Å². The molecule has 2 aromatic heterocycles. The van der Waals surface area contributed by atoms with Crippen molar-refractivity contribution in [2.45, 2.75) is 69.6 Å². The van der Waals surface area contributed by atoms with E-state index in [4.69, 9.17) is 4.74 Å². The molecule has 4 rings (SSSR count). The van der Waals surface area contributed by atoms with Crippen LogP contribution in [0.15, 0.2) is 12.3 Å². The van der Waals surface area contributed by atoms with Crippen molar-refractivity contribution in [2.75, 3.05) is 0 Å². The average Bonchev–Trinajstić information content (AvgIpc) is 3.26.